The minimum absolute atomic E-state index is 0.101. The van der Waals surface area contributed by atoms with Crippen molar-refractivity contribution in [1.82, 2.24) is 4.98 Å². The fourth-order valence-electron chi connectivity index (χ4n) is 1.26. The standard InChI is InChI=1S/C11H15N3O4/c1-7-5-12-6-8(14(16)17)9(7)13-10(15)18-11(2,3)4/h5-6H,1-4H3,(H,12,13,15). The van der Waals surface area contributed by atoms with E-state index in [0.29, 0.717) is 5.56 Å². The van der Waals surface area contributed by atoms with Gasteiger partial charge in [-0.15, -0.1) is 0 Å². The van der Waals surface area contributed by atoms with E-state index in [0.717, 1.165) is 6.20 Å². The number of anilines is 1. The molecule has 0 bridgehead atoms. The van der Waals surface area contributed by atoms with Crippen LogP contribution in [0.25, 0.3) is 0 Å². The van der Waals surface area contributed by atoms with E-state index in [-0.39, 0.29) is 11.4 Å². The largest absolute Gasteiger partial charge is 0.444 e. The average Bonchev–Trinajstić information content (AvgIpc) is 2.17. The quantitative estimate of drug-likeness (QED) is 0.645. The molecule has 0 atom stereocenters. The van der Waals surface area contributed by atoms with Crippen molar-refractivity contribution in [2.75, 3.05) is 5.32 Å². The van der Waals surface area contributed by atoms with E-state index in [1.807, 2.05) is 0 Å². The summed E-state index contributed by atoms with van der Waals surface area (Å²) in [6, 6.07) is 0. The Bertz CT molecular complexity index is 480. The molecule has 7 nitrogen and oxygen atoms in total. The van der Waals surface area contributed by atoms with Crippen molar-refractivity contribution in [2.45, 2.75) is 33.3 Å². The fourth-order valence-corrected chi connectivity index (χ4v) is 1.26. The van der Waals surface area contributed by atoms with E-state index in [4.69, 9.17) is 4.74 Å². The summed E-state index contributed by atoms with van der Waals surface area (Å²) in [5, 5.41) is 13.2. The zero-order valence-corrected chi connectivity index (χ0v) is 10.7. The number of carbonyl (C=O) groups is 1. The van der Waals surface area contributed by atoms with Crippen molar-refractivity contribution in [3.63, 3.8) is 0 Å². The molecule has 1 rings (SSSR count). The van der Waals surface area contributed by atoms with E-state index >= 15 is 0 Å². The Hall–Kier alpha value is -2.18. The normalized spacial score (nSPS) is 10.9. The zero-order chi connectivity index (χ0) is 13.9. The molecule has 0 aromatic carbocycles. The molecule has 0 fully saturated rings. The molecule has 1 aromatic rings. The van der Waals surface area contributed by atoms with Gasteiger partial charge in [-0.2, -0.15) is 0 Å². The molecule has 1 aromatic heterocycles. The second kappa shape index (κ2) is 4.99. The molecule has 1 heterocycles. The van der Waals surface area contributed by atoms with Crippen molar-refractivity contribution in [3.05, 3.63) is 28.1 Å². The van der Waals surface area contributed by atoms with Gasteiger partial charge in [0.2, 0.25) is 0 Å². The Balaban J connectivity index is 2.97. The number of carbonyl (C=O) groups excluding carboxylic acids is 1. The predicted molar refractivity (Wildman–Crippen MR) is 65.5 cm³/mol. The van der Waals surface area contributed by atoms with Gasteiger partial charge in [0.05, 0.1) is 4.92 Å². The van der Waals surface area contributed by atoms with Crippen molar-refractivity contribution >= 4 is 17.5 Å². The molecule has 0 aliphatic rings. The van der Waals surface area contributed by atoms with Crippen molar-refractivity contribution in [2.24, 2.45) is 0 Å². The van der Waals surface area contributed by atoms with Gasteiger partial charge in [-0.1, -0.05) is 0 Å². The smallest absolute Gasteiger partial charge is 0.412 e. The third kappa shape index (κ3) is 3.69. The van der Waals surface area contributed by atoms with Gasteiger partial charge in [-0.25, -0.2) is 4.79 Å². The molecule has 0 saturated carbocycles. The van der Waals surface area contributed by atoms with Crippen LogP contribution in [0.1, 0.15) is 26.3 Å². The Morgan fingerprint density at radius 1 is 1.44 bits per heavy atom. The maximum absolute atomic E-state index is 11.6. The molecule has 1 amide bonds. The minimum Gasteiger partial charge on any atom is -0.444 e. The highest BCUT2D eigenvalue weighted by Crippen LogP contribution is 2.26. The number of amides is 1. The highest BCUT2D eigenvalue weighted by atomic mass is 16.6. The summed E-state index contributed by atoms with van der Waals surface area (Å²) in [6.07, 6.45) is 1.78. The average molecular weight is 253 g/mol. The van der Waals surface area contributed by atoms with Crippen LogP contribution >= 0.6 is 0 Å². The summed E-state index contributed by atoms with van der Waals surface area (Å²) < 4.78 is 5.04. The van der Waals surface area contributed by atoms with E-state index in [2.05, 4.69) is 10.3 Å². The first-order valence-electron chi connectivity index (χ1n) is 5.29. The number of aryl methyl sites for hydroxylation is 1. The lowest BCUT2D eigenvalue weighted by Gasteiger charge is -2.20. The fraction of sp³-hybridized carbons (Fsp3) is 0.455. The van der Waals surface area contributed by atoms with Crippen LogP contribution in [0.5, 0.6) is 0 Å². The highest BCUT2D eigenvalue weighted by molar-refractivity contribution is 5.89. The van der Waals surface area contributed by atoms with Gasteiger partial charge in [0, 0.05) is 6.20 Å². The van der Waals surface area contributed by atoms with Crippen LogP contribution in [0.3, 0.4) is 0 Å². The van der Waals surface area contributed by atoms with Crippen LogP contribution in [0.2, 0.25) is 0 Å². The van der Waals surface area contributed by atoms with Crippen molar-refractivity contribution in [1.29, 1.82) is 0 Å². The van der Waals surface area contributed by atoms with Crippen LogP contribution in [-0.4, -0.2) is 21.6 Å². The lowest BCUT2D eigenvalue weighted by molar-refractivity contribution is -0.384. The lowest BCUT2D eigenvalue weighted by Crippen LogP contribution is -2.27. The van der Waals surface area contributed by atoms with Gasteiger partial charge in [-0.05, 0) is 33.3 Å². The number of rotatable bonds is 2. The second-order valence-electron chi connectivity index (χ2n) is 4.73. The third-order valence-corrected chi connectivity index (χ3v) is 1.94. The second-order valence-corrected chi connectivity index (χ2v) is 4.73. The summed E-state index contributed by atoms with van der Waals surface area (Å²) in [5.41, 5.74) is -0.333. The van der Waals surface area contributed by atoms with E-state index < -0.39 is 16.6 Å². The number of nitrogens with zero attached hydrogens (tertiary/aromatic N) is 2. The molecule has 18 heavy (non-hydrogen) atoms. The number of nitro groups is 1. The molecule has 0 spiro atoms. The van der Waals surface area contributed by atoms with Gasteiger partial charge in [-0.3, -0.25) is 20.4 Å². The number of pyridine rings is 1. The van der Waals surface area contributed by atoms with Crippen LogP contribution < -0.4 is 5.32 Å². The van der Waals surface area contributed by atoms with Crippen molar-refractivity contribution < 1.29 is 14.5 Å². The van der Waals surface area contributed by atoms with Crippen LogP contribution in [-0.2, 0) is 4.74 Å². The highest BCUT2D eigenvalue weighted by Gasteiger charge is 2.22. The molecule has 0 radical (unpaired) electrons. The minimum atomic E-state index is -0.736. The SMILES string of the molecule is Cc1cncc([N+](=O)[O-])c1NC(=O)OC(C)(C)C. The summed E-state index contributed by atoms with van der Waals surface area (Å²) >= 11 is 0. The van der Waals surface area contributed by atoms with Gasteiger partial charge in [0.15, 0.2) is 0 Å². The Morgan fingerprint density at radius 3 is 2.56 bits per heavy atom. The third-order valence-electron chi connectivity index (χ3n) is 1.94. The van der Waals surface area contributed by atoms with Crippen LogP contribution in [0, 0.1) is 17.0 Å². The Labute approximate surface area is 104 Å². The summed E-state index contributed by atoms with van der Waals surface area (Å²) in [7, 11) is 0. The number of hydrogen-bond donors (Lipinski definition) is 1. The topological polar surface area (TPSA) is 94.4 Å². The van der Waals surface area contributed by atoms with E-state index in [1.165, 1.54) is 6.20 Å². The summed E-state index contributed by atoms with van der Waals surface area (Å²) in [4.78, 5) is 25.5. The monoisotopic (exact) mass is 253 g/mol. The number of aromatic nitrogens is 1. The van der Waals surface area contributed by atoms with Gasteiger partial charge in [0.25, 0.3) is 0 Å². The lowest BCUT2D eigenvalue weighted by atomic mass is 10.2. The molecular weight excluding hydrogens is 238 g/mol. The van der Waals surface area contributed by atoms with E-state index in [9.17, 15) is 14.9 Å². The molecule has 0 aliphatic heterocycles. The van der Waals surface area contributed by atoms with E-state index in [1.54, 1.807) is 27.7 Å². The first-order valence-corrected chi connectivity index (χ1v) is 5.29. The number of ether oxygens (including phenoxy) is 1. The summed E-state index contributed by atoms with van der Waals surface area (Å²) in [5.74, 6) is 0. The van der Waals surface area contributed by atoms with Gasteiger partial charge >= 0.3 is 11.8 Å². The molecule has 98 valence electrons. The Kier molecular flexibility index (Phi) is 3.85. The molecule has 0 aliphatic carbocycles. The number of hydrogen-bond acceptors (Lipinski definition) is 5. The van der Waals surface area contributed by atoms with Crippen LogP contribution in [0.15, 0.2) is 12.4 Å². The first-order chi connectivity index (χ1) is 8.20. The predicted octanol–water partition coefficient (Wildman–Crippen LogP) is 2.65. The molecule has 0 saturated heterocycles. The molecule has 7 heteroatoms. The molecule has 1 N–H and O–H groups in total. The molecular formula is C11H15N3O4. The number of nitrogens with one attached hydrogen (secondary N) is 1. The molecule has 0 unspecified atom stereocenters. The maximum Gasteiger partial charge on any atom is 0.412 e. The zero-order valence-electron chi connectivity index (χ0n) is 10.7. The summed E-state index contributed by atoms with van der Waals surface area (Å²) in [6.45, 7) is 6.74. The maximum atomic E-state index is 11.6. The Morgan fingerprint density at radius 2 is 2.06 bits per heavy atom. The van der Waals surface area contributed by atoms with Gasteiger partial charge < -0.3 is 4.74 Å². The van der Waals surface area contributed by atoms with Crippen LogP contribution in [0.4, 0.5) is 16.2 Å². The first kappa shape index (κ1) is 13.9. The van der Waals surface area contributed by atoms with Crippen molar-refractivity contribution in [3.8, 4) is 0 Å². The van der Waals surface area contributed by atoms with Gasteiger partial charge in [0.1, 0.15) is 17.5 Å².